The first kappa shape index (κ1) is 30.4. The van der Waals surface area contributed by atoms with Crippen LogP contribution >= 0.6 is 0 Å². The minimum absolute atomic E-state index is 0.0646. The summed E-state index contributed by atoms with van der Waals surface area (Å²) in [4.78, 5) is 15.3. The van der Waals surface area contributed by atoms with Crippen LogP contribution in [-0.4, -0.2) is 23.0 Å². The van der Waals surface area contributed by atoms with E-state index in [1.54, 1.807) is 0 Å². The summed E-state index contributed by atoms with van der Waals surface area (Å²) in [7, 11) is -1.51. The molecule has 6 aromatic carbocycles. The van der Waals surface area contributed by atoms with Crippen LogP contribution in [0.15, 0.2) is 138 Å². The predicted molar refractivity (Wildman–Crippen MR) is 209 cm³/mol. The first-order valence-electron chi connectivity index (χ1n) is 17.3. The molecule has 2 heterocycles. The van der Waals surface area contributed by atoms with Crippen molar-refractivity contribution in [2.45, 2.75) is 38.9 Å². The summed E-state index contributed by atoms with van der Waals surface area (Å²) in [5.74, 6) is 1.92. The SMILES string of the molecule is CC1(C)c2ccccc2-c2c(-c3cccc(-c4nc(-c5ccccc5)nc(-c5ccc6oc7ccc([Si](C)(C)C)cc7c6c5)n4)c3)cccc21. The lowest BCUT2D eigenvalue weighted by Gasteiger charge is -2.21. The average Bonchev–Trinajstić information content (AvgIpc) is 3.62. The molecule has 242 valence electrons. The van der Waals surface area contributed by atoms with Gasteiger partial charge >= 0.3 is 0 Å². The number of aromatic nitrogens is 3. The topological polar surface area (TPSA) is 51.8 Å². The van der Waals surface area contributed by atoms with Crippen molar-refractivity contribution in [3.05, 3.63) is 145 Å². The molecular formula is C45H37N3OSi. The maximum Gasteiger partial charge on any atom is 0.164 e. The zero-order valence-electron chi connectivity index (χ0n) is 29.0. The first-order valence-corrected chi connectivity index (χ1v) is 20.8. The van der Waals surface area contributed by atoms with E-state index in [9.17, 15) is 0 Å². The van der Waals surface area contributed by atoms with Crippen molar-refractivity contribution in [1.29, 1.82) is 0 Å². The average molecular weight is 664 g/mol. The molecule has 0 spiro atoms. The van der Waals surface area contributed by atoms with E-state index in [0.29, 0.717) is 17.5 Å². The Hall–Kier alpha value is -5.65. The van der Waals surface area contributed by atoms with Crippen LogP contribution in [-0.2, 0) is 5.41 Å². The Balaban J connectivity index is 1.21. The van der Waals surface area contributed by atoms with Gasteiger partial charge in [-0.3, -0.25) is 0 Å². The van der Waals surface area contributed by atoms with Gasteiger partial charge in [0.2, 0.25) is 0 Å². The number of hydrogen-bond acceptors (Lipinski definition) is 4. The molecule has 9 rings (SSSR count). The number of benzene rings is 6. The number of rotatable bonds is 5. The molecule has 1 aliphatic rings. The van der Waals surface area contributed by atoms with Crippen LogP contribution in [0.3, 0.4) is 0 Å². The van der Waals surface area contributed by atoms with Crippen LogP contribution < -0.4 is 5.19 Å². The summed E-state index contributed by atoms with van der Waals surface area (Å²) in [6.07, 6.45) is 0. The maximum absolute atomic E-state index is 6.28. The lowest BCUT2D eigenvalue weighted by atomic mass is 9.82. The summed E-state index contributed by atoms with van der Waals surface area (Å²) in [5, 5.41) is 3.61. The summed E-state index contributed by atoms with van der Waals surface area (Å²) >= 11 is 0. The fourth-order valence-corrected chi connectivity index (χ4v) is 8.72. The monoisotopic (exact) mass is 663 g/mol. The van der Waals surface area contributed by atoms with Gasteiger partial charge in [0.15, 0.2) is 17.5 Å². The highest BCUT2D eigenvalue weighted by Crippen LogP contribution is 2.52. The second-order valence-electron chi connectivity index (χ2n) is 14.9. The van der Waals surface area contributed by atoms with Crippen LogP contribution in [0.25, 0.3) is 78.4 Å². The van der Waals surface area contributed by atoms with Crippen molar-refractivity contribution in [3.8, 4) is 56.4 Å². The van der Waals surface area contributed by atoms with E-state index in [-0.39, 0.29) is 5.41 Å². The van der Waals surface area contributed by atoms with Gasteiger partial charge in [-0.2, -0.15) is 0 Å². The van der Waals surface area contributed by atoms with Crippen molar-refractivity contribution in [3.63, 3.8) is 0 Å². The molecule has 0 unspecified atom stereocenters. The van der Waals surface area contributed by atoms with Gasteiger partial charge in [0.25, 0.3) is 0 Å². The van der Waals surface area contributed by atoms with Crippen LogP contribution in [0, 0.1) is 0 Å². The van der Waals surface area contributed by atoms with Gasteiger partial charge in [-0.15, -0.1) is 0 Å². The second-order valence-corrected chi connectivity index (χ2v) is 20.0. The van der Waals surface area contributed by atoms with Gasteiger partial charge in [-0.25, -0.2) is 15.0 Å². The fourth-order valence-electron chi connectivity index (χ4n) is 7.55. The largest absolute Gasteiger partial charge is 0.456 e. The summed E-state index contributed by atoms with van der Waals surface area (Å²) in [6.45, 7) is 11.8. The molecule has 0 bridgehead atoms. The summed E-state index contributed by atoms with van der Waals surface area (Å²) in [5.41, 5.74) is 12.2. The molecule has 4 nitrogen and oxygen atoms in total. The smallest absolute Gasteiger partial charge is 0.164 e. The van der Waals surface area contributed by atoms with Crippen LogP contribution in [0.1, 0.15) is 25.0 Å². The molecule has 2 aromatic heterocycles. The third-order valence-corrected chi connectivity index (χ3v) is 12.3. The molecule has 0 N–H and O–H groups in total. The van der Waals surface area contributed by atoms with Crippen molar-refractivity contribution in [2.24, 2.45) is 0 Å². The number of furan rings is 1. The Morgan fingerprint density at radius 1 is 0.480 bits per heavy atom. The molecule has 0 amide bonds. The lowest BCUT2D eigenvalue weighted by Crippen LogP contribution is -2.37. The molecule has 8 aromatic rings. The molecule has 0 saturated carbocycles. The summed E-state index contributed by atoms with van der Waals surface area (Å²) < 4.78 is 6.28. The molecule has 5 heteroatoms. The van der Waals surface area contributed by atoms with Crippen LogP contribution in [0.2, 0.25) is 19.6 Å². The van der Waals surface area contributed by atoms with E-state index in [2.05, 4.69) is 143 Å². The minimum Gasteiger partial charge on any atom is -0.456 e. The van der Waals surface area contributed by atoms with E-state index in [1.165, 1.54) is 33.0 Å². The van der Waals surface area contributed by atoms with Gasteiger partial charge in [-0.05, 0) is 63.7 Å². The Morgan fingerprint density at radius 2 is 1.04 bits per heavy atom. The molecule has 0 fully saturated rings. The zero-order valence-corrected chi connectivity index (χ0v) is 30.0. The predicted octanol–water partition coefficient (Wildman–Crippen LogP) is 11.3. The Labute approximate surface area is 293 Å². The van der Waals surface area contributed by atoms with E-state index in [0.717, 1.165) is 44.2 Å². The number of fused-ring (bicyclic) bond motifs is 6. The molecule has 0 radical (unpaired) electrons. The maximum atomic E-state index is 6.28. The normalized spacial score (nSPS) is 13.5. The Bertz CT molecular complexity index is 2610. The van der Waals surface area contributed by atoms with E-state index in [1.807, 2.05) is 24.3 Å². The highest BCUT2D eigenvalue weighted by molar-refractivity contribution is 6.88. The quantitative estimate of drug-likeness (QED) is 0.172. The minimum atomic E-state index is -1.51. The molecule has 0 atom stereocenters. The molecular weight excluding hydrogens is 627 g/mol. The molecule has 0 aliphatic heterocycles. The second kappa shape index (κ2) is 11.2. The number of nitrogens with zero attached hydrogens (tertiary/aromatic N) is 3. The molecule has 50 heavy (non-hydrogen) atoms. The van der Waals surface area contributed by atoms with Crippen molar-refractivity contribution >= 4 is 35.2 Å². The van der Waals surface area contributed by atoms with Gasteiger partial charge in [0.1, 0.15) is 11.2 Å². The fraction of sp³-hybridized carbons (Fsp3) is 0.133. The van der Waals surface area contributed by atoms with Crippen molar-refractivity contribution < 1.29 is 4.42 Å². The number of hydrogen-bond donors (Lipinski definition) is 0. The standard InChI is InChI=1S/C45H37N3OSi/c1-45(2)37-19-10-9-17-34(37)41-33(18-12-20-38(41)45)29-15-11-16-30(25-29)43-46-42(28-13-7-6-8-14-28)47-44(48-43)31-21-23-39-35(26-31)36-27-32(50(3,4)5)22-24-40(36)49-39/h6-27H,1-5H3. The van der Waals surface area contributed by atoms with E-state index >= 15 is 0 Å². The third kappa shape index (κ3) is 4.92. The van der Waals surface area contributed by atoms with E-state index < -0.39 is 8.07 Å². The van der Waals surface area contributed by atoms with Crippen molar-refractivity contribution in [1.82, 2.24) is 15.0 Å². The lowest BCUT2D eigenvalue weighted by molar-refractivity contribution is 0.660. The zero-order chi connectivity index (χ0) is 34.2. The van der Waals surface area contributed by atoms with Gasteiger partial charge in [0, 0.05) is 32.9 Å². The Kier molecular flexibility index (Phi) is 6.81. The Morgan fingerprint density at radius 3 is 1.80 bits per heavy atom. The third-order valence-electron chi connectivity index (χ3n) is 10.3. The highest BCUT2D eigenvalue weighted by Gasteiger charge is 2.36. The van der Waals surface area contributed by atoms with Crippen molar-refractivity contribution in [2.75, 3.05) is 0 Å². The molecule has 0 saturated heterocycles. The highest BCUT2D eigenvalue weighted by atomic mass is 28.3. The van der Waals surface area contributed by atoms with Crippen LogP contribution in [0.5, 0.6) is 0 Å². The van der Waals surface area contributed by atoms with Gasteiger partial charge in [-0.1, -0.05) is 142 Å². The van der Waals surface area contributed by atoms with Gasteiger partial charge in [0.05, 0.1) is 8.07 Å². The van der Waals surface area contributed by atoms with Gasteiger partial charge < -0.3 is 4.42 Å². The van der Waals surface area contributed by atoms with E-state index in [4.69, 9.17) is 19.4 Å². The van der Waals surface area contributed by atoms with Crippen LogP contribution in [0.4, 0.5) is 0 Å². The summed E-state index contributed by atoms with van der Waals surface area (Å²) in [6, 6.07) is 47.2. The first-order chi connectivity index (χ1) is 24.1. The molecule has 1 aliphatic carbocycles.